The molecule has 1 heterocycles. The normalized spacial score (nSPS) is 15.9. The van der Waals surface area contributed by atoms with Gasteiger partial charge < -0.3 is 10.6 Å². The summed E-state index contributed by atoms with van der Waals surface area (Å²) in [5, 5.41) is 11.1. The van der Waals surface area contributed by atoms with Crippen molar-refractivity contribution in [1.82, 2.24) is 20.4 Å². The van der Waals surface area contributed by atoms with Crippen molar-refractivity contribution in [1.29, 1.82) is 0 Å². The molecule has 1 fully saturated rings. The maximum atomic E-state index is 4.64. The number of hydrogen-bond donors (Lipinski definition) is 2. The maximum Gasteiger partial charge on any atom is 0.191 e. The van der Waals surface area contributed by atoms with Crippen LogP contribution in [-0.2, 0) is 13.6 Å². The molecular formula is C13H23N5. The lowest BCUT2D eigenvalue weighted by molar-refractivity contribution is 0.730. The Labute approximate surface area is 109 Å². The molecule has 1 saturated carbocycles. The zero-order valence-electron chi connectivity index (χ0n) is 11.7. The van der Waals surface area contributed by atoms with E-state index < -0.39 is 0 Å². The van der Waals surface area contributed by atoms with Crippen LogP contribution >= 0.6 is 0 Å². The summed E-state index contributed by atoms with van der Waals surface area (Å²) in [6, 6.07) is 0.624. The first-order chi connectivity index (χ1) is 8.61. The fourth-order valence-electron chi connectivity index (χ4n) is 1.95. The topological polar surface area (TPSA) is 54.2 Å². The molecule has 1 aromatic heterocycles. The highest BCUT2D eigenvalue weighted by molar-refractivity contribution is 5.80. The molecule has 5 nitrogen and oxygen atoms in total. The van der Waals surface area contributed by atoms with Crippen molar-refractivity contribution in [2.45, 2.75) is 46.2 Å². The van der Waals surface area contributed by atoms with Crippen molar-refractivity contribution in [2.75, 3.05) is 6.54 Å². The Morgan fingerprint density at radius 1 is 1.44 bits per heavy atom. The fourth-order valence-corrected chi connectivity index (χ4v) is 1.95. The molecular weight excluding hydrogens is 226 g/mol. The first kappa shape index (κ1) is 12.9. The first-order valence-corrected chi connectivity index (χ1v) is 6.65. The second-order valence-electron chi connectivity index (χ2n) is 4.89. The van der Waals surface area contributed by atoms with Crippen LogP contribution in [0.2, 0.25) is 0 Å². The van der Waals surface area contributed by atoms with Gasteiger partial charge in [0.25, 0.3) is 0 Å². The molecule has 1 aliphatic rings. The van der Waals surface area contributed by atoms with Crippen LogP contribution in [0.15, 0.2) is 4.99 Å². The Kier molecular flexibility index (Phi) is 3.89. The molecule has 0 bridgehead atoms. The van der Waals surface area contributed by atoms with Crippen LogP contribution in [0.5, 0.6) is 0 Å². The zero-order valence-corrected chi connectivity index (χ0v) is 11.7. The fraction of sp³-hybridized carbons (Fsp3) is 0.692. The molecule has 0 radical (unpaired) electrons. The minimum Gasteiger partial charge on any atom is -0.357 e. The molecule has 0 unspecified atom stereocenters. The lowest BCUT2D eigenvalue weighted by Crippen LogP contribution is -2.38. The van der Waals surface area contributed by atoms with Crippen LogP contribution in [0.3, 0.4) is 0 Å². The predicted molar refractivity (Wildman–Crippen MR) is 73.7 cm³/mol. The highest BCUT2D eigenvalue weighted by Crippen LogP contribution is 2.18. The molecule has 1 aliphatic carbocycles. The summed E-state index contributed by atoms with van der Waals surface area (Å²) < 4.78 is 1.92. The Bertz CT molecular complexity index is 442. The molecule has 0 spiro atoms. The Balaban J connectivity index is 2.05. The number of nitrogens with one attached hydrogen (secondary N) is 2. The summed E-state index contributed by atoms with van der Waals surface area (Å²) in [6.45, 7) is 7.80. The van der Waals surface area contributed by atoms with Crippen molar-refractivity contribution >= 4 is 5.96 Å². The Hall–Kier alpha value is -1.52. The second-order valence-corrected chi connectivity index (χ2v) is 4.89. The monoisotopic (exact) mass is 249 g/mol. The molecule has 0 saturated heterocycles. The van der Waals surface area contributed by atoms with E-state index in [-0.39, 0.29) is 0 Å². The third kappa shape index (κ3) is 3.03. The molecule has 18 heavy (non-hydrogen) atoms. The third-order valence-electron chi connectivity index (χ3n) is 3.32. The number of guanidine groups is 1. The maximum absolute atomic E-state index is 4.64. The molecule has 2 N–H and O–H groups in total. The van der Waals surface area contributed by atoms with Gasteiger partial charge in [0.05, 0.1) is 12.2 Å². The van der Waals surface area contributed by atoms with Gasteiger partial charge in [-0.3, -0.25) is 4.68 Å². The number of aromatic nitrogens is 2. The number of nitrogens with zero attached hydrogens (tertiary/aromatic N) is 3. The minimum atomic E-state index is 0.624. The van der Waals surface area contributed by atoms with Gasteiger partial charge in [-0.1, -0.05) is 0 Å². The van der Waals surface area contributed by atoms with Gasteiger partial charge in [0, 0.05) is 30.9 Å². The number of rotatable bonds is 4. The van der Waals surface area contributed by atoms with Crippen LogP contribution in [0.25, 0.3) is 0 Å². The highest BCUT2D eigenvalue weighted by Gasteiger charge is 2.22. The summed E-state index contributed by atoms with van der Waals surface area (Å²) in [6.07, 6.45) is 2.52. The van der Waals surface area contributed by atoms with Gasteiger partial charge in [0.15, 0.2) is 5.96 Å². The average molecular weight is 249 g/mol. The van der Waals surface area contributed by atoms with Crippen LogP contribution in [0.4, 0.5) is 0 Å². The van der Waals surface area contributed by atoms with Crippen molar-refractivity contribution in [3.8, 4) is 0 Å². The van der Waals surface area contributed by atoms with Crippen LogP contribution in [0, 0.1) is 13.8 Å². The predicted octanol–water partition coefficient (Wildman–Crippen LogP) is 1.25. The van der Waals surface area contributed by atoms with E-state index in [9.17, 15) is 0 Å². The van der Waals surface area contributed by atoms with Crippen LogP contribution in [-0.4, -0.2) is 28.3 Å². The van der Waals surface area contributed by atoms with Gasteiger partial charge in [-0.15, -0.1) is 0 Å². The van der Waals surface area contributed by atoms with Crippen LogP contribution < -0.4 is 10.6 Å². The van der Waals surface area contributed by atoms with E-state index >= 15 is 0 Å². The average Bonchev–Trinajstić information content (AvgIpc) is 3.08. The van der Waals surface area contributed by atoms with E-state index in [4.69, 9.17) is 0 Å². The SMILES string of the molecule is CCNC(=NCc1c(C)nn(C)c1C)NC1CC1. The molecule has 0 amide bonds. The molecule has 100 valence electrons. The van der Waals surface area contributed by atoms with Gasteiger partial charge in [-0.25, -0.2) is 4.99 Å². The van der Waals surface area contributed by atoms with E-state index in [1.54, 1.807) is 0 Å². The van der Waals surface area contributed by atoms with Crippen molar-refractivity contribution in [3.63, 3.8) is 0 Å². The molecule has 0 aliphatic heterocycles. The summed E-state index contributed by atoms with van der Waals surface area (Å²) in [7, 11) is 1.98. The molecule has 5 heteroatoms. The number of aliphatic imine (C=N–C) groups is 1. The van der Waals surface area contributed by atoms with Crippen molar-refractivity contribution in [3.05, 3.63) is 17.0 Å². The molecule has 0 aromatic carbocycles. The first-order valence-electron chi connectivity index (χ1n) is 6.65. The van der Waals surface area contributed by atoms with E-state index in [1.807, 2.05) is 18.7 Å². The second kappa shape index (κ2) is 5.42. The van der Waals surface area contributed by atoms with Gasteiger partial charge in [-0.05, 0) is 33.6 Å². The minimum absolute atomic E-state index is 0.624. The van der Waals surface area contributed by atoms with Gasteiger partial charge in [0.2, 0.25) is 0 Å². The quantitative estimate of drug-likeness (QED) is 0.624. The Morgan fingerprint density at radius 3 is 2.67 bits per heavy atom. The lowest BCUT2D eigenvalue weighted by Gasteiger charge is -2.10. The lowest BCUT2D eigenvalue weighted by atomic mass is 10.2. The number of hydrogen-bond acceptors (Lipinski definition) is 2. The molecule has 1 aromatic rings. The van der Waals surface area contributed by atoms with E-state index in [0.717, 1.165) is 18.2 Å². The zero-order chi connectivity index (χ0) is 13.1. The van der Waals surface area contributed by atoms with E-state index in [0.29, 0.717) is 12.6 Å². The van der Waals surface area contributed by atoms with E-state index in [1.165, 1.54) is 24.1 Å². The van der Waals surface area contributed by atoms with Gasteiger partial charge in [-0.2, -0.15) is 5.10 Å². The summed E-state index contributed by atoms with van der Waals surface area (Å²) >= 11 is 0. The van der Waals surface area contributed by atoms with Crippen molar-refractivity contribution < 1.29 is 0 Å². The molecule has 0 atom stereocenters. The summed E-state index contributed by atoms with van der Waals surface area (Å²) in [5.41, 5.74) is 3.49. The van der Waals surface area contributed by atoms with Gasteiger partial charge >= 0.3 is 0 Å². The Morgan fingerprint density at radius 2 is 2.17 bits per heavy atom. The standard InChI is InChI=1S/C13H23N5/c1-5-14-13(16-11-6-7-11)15-8-12-9(2)17-18(4)10(12)3/h11H,5-8H2,1-4H3,(H2,14,15,16). The molecule has 2 rings (SSSR count). The van der Waals surface area contributed by atoms with Crippen LogP contribution in [0.1, 0.15) is 36.7 Å². The summed E-state index contributed by atoms with van der Waals surface area (Å²) in [5.74, 6) is 0.919. The van der Waals surface area contributed by atoms with E-state index in [2.05, 4.69) is 34.6 Å². The third-order valence-corrected chi connectivity index (χ3v) is 3.32. The largest absolute Gasteiger partial charge is 0.357 e. The van der Waals surface area contributed by atoms with Gasteiger partial charge in [0.1, 0.15) is 0 Å². The number of aryl methyl sites for hydroxylation is 2. The summed E-state index contributed by atoms with van der Waals surface area (Å²) in [4.78, 5) is 4.64. The smallest absolute Gasteiger partial charge is 0.191 e. The van der Waals surface area contributed by atoms with Crippen molar-refractivity contribution in [2.24, 2.45) is 12.0 Å². The highest BCUT2D eigenvalue weighted by atomic mass is 15.3.